The lowest BCUT2D eigenvalue weighted by Gasteiger charge is -2.23. The Hall–Kier alpha value is -1.76. The van der Waals surface area contributed by atoms with Gasteiger partial charge in [0.15, 0.2) is 0 Å². The first-order chi connectivity index (χ1) is 13.0. The van der Waals surface area contributed by atoms with Crippen molar-refractivity contribution in [1.82, 2.24) is 19.6 Å². The molecular formula is C20H28Cl2N4O2. The van der Waals surface area contributed by atoms with Crippen LogP contribution in [0.15, 0.2) is 24.3 Å². The number of amides is 1. The van der Waals surface area contributed by atoms with Crippen molar-refractivity contribution in [3.8, 4) is 5.75 Å². The number of benzene rings is 1. The summed E-state index contributed by atoms with van der Waals surface area (Å²) in [4.78, 5) is 17.3. The molecule has 0 atom stereocenters. The van der Waals surface area contributed by atoms with Gasteiger partial charge in [-0.05, 0) is 51.1 Å². The zero-order valence-electron chi connectivity index (χ0n) is 16.7. The normalized spacial score (nSPS) is 15.1. The third-order valence-electron chi connectivity index (χ3n) is 5.00. The molecule has 0 aliphatic carbocycles. The number of carbonyl (C=O) groups is 1. The number of rotatable bonds is 5. The molecule has 8 heteroatoms. The van der Waals surface area contributed by atoms with Gasteiger partial charge in [0.25, 0.3) is 5.91 Å². The minimum absolute atomic E-state index is 0. The first-order valence-electron chi connectivity index (χ1n) is 9.34. The highest BCUT2D eigenvalue weighted by Crippen LogP contribution is 2.24. The maximum absolute atomic E-state index is 13.0. The molecule has 2 aromatic rings. The van der Waals surface area contributed by atoms with Gasteiger partial charge in [0, 0.05) is 36.9 Å². The van der Waals surface area contributed by atoms with Crippen LogP contribution < -0.4 is 4.74 Å². The molecule has 154 valence electrons. The van der Waals surface area contributed by atoms with Crippen LogP contribution >= 0.6 is 24.0 Å². The van der Waals surface area contributed by atoms with Crippen molar-refractivity contribution < 1.29 is 9.53 Å². The zero-order chi connectivity index (χ0) is 19.4. The van der Waals surface area contributed by atoms with Gasteiger partial charge in [-0.3, -0.25) is 14.4 Å². The maximum Gasteiger partial charge on any atom is 0.257 e. The third-order valence-corrected chi connectivity index (χ3v) is 5.23. The number of aromatic nitrogens is 2. The number of ether oxygens (including phenoxy) is 1. The van der Waals surface area contributed by atoms with Crippen molar-refractivity contribution in [3.63, 3.8) is 0 Å². The second-order valence-electron chi connectivity index (χ2n) is 6.98. The summed E-state index contributed by atoms with van der Waals surface area (Å²) < 4.78 is 7.39. The Bertz CT molecular complexity index is 809. The van der Waals surface area contributed by atoms with Gasteiger partial charge < -0.3 is 9.64 Å². The monoisotopic (exact) mass is 426 g/mol. The second-order valence-corrected chi connectivity index (χ2v) is 7.42. The molecule has 0 saturated carbocycles. The molecule has 1 amide bonds. The van der Waals surface area contributed by atoms with Crippen molar-refractivity contribution in [1.29, 1.82) is 0 Å². The topological polar surface area (TPSA) is 50.6 Å². The molecule has 1 aliphatic heterocycles. The molecule has 1 aromatic heterocycles. The summed E-state index contributed by atoms with van der Waals surface area (Å²) in [6, 6.07) is 7.27. The SMILES string of the molecule is COc1ccc(Cl)cc1C(=O)N1CCCN(CCn2nc(C)cc2C)CC1.Cl. The van der Waals surface area contributed by atoms with E-state index in [4.69, 9.17) is 16.3 Å². The molecule has 0 unspecified atom stereocenters. The van der Waals surface area contributed by atoms with E-state index in [0.29, 0.717) is 22.9 Å². The fraction of sp³-hybridized carbons (Fsp3) is 0.500. The van der Waals surface area contributed by atoms with Gasteiger partial charge in [-0.15, -0.1) is 12.4 Å². The Labute approximate surface area is 177 Å². The predicted octanol–water partition coefficient (Wildman–Crippen LogP) is 3.43. The van der Waals surface area contributed by atoms with Gasteiger partial charge in [0.05, 0.1) is 24.9 Å². The Kier molecular flexibility index (Phi) is 8.16. The zero-order valence-corrected chi connectivity index (χ0v) is 18.2. The summed E-state index contributed by atoms with van der Waals surface area (Å²) in [5, 5.41) is 5.07. The van der Waals surface area contributed by atoms with Crippen molar-refractivity contribution in [3.05, 3.63) is 46.2 Å². The predicted molar refractivity (Wildman–Crippen MR) is 114 cm³/mol. The number of carbonyl (C=O) groups excluding carboxylic acids is 1. The quantitative estimate of drug-likeness (QED) is 0.734. The third kappa shape index (κ3) is 5.40. The van der Waals surface area contributed by atoms with Crippen molar-refractivity contribution >= 4 is 29.9 Å². The van der Waals surface area contributed by atoms with Crippen LogP contribution in [0.4, 0.5) is 0 Å². The summed E-state index contributed by atoms with van der Waals surface area (Å²) in [5.41, 5.74) is 2.77. The van der Waals surface area contributed by atoms with E-state index in [1.165, 1.54) is 5.69 Å². The number of nitrogens with zero attached hydrogens (tertiary/aromatic N) is 4. The number of aryl methyl sites for hydroxylation is 2. The van der Waals surface area contributed by atoms with Crippen molar-refractivity contribution in [2.24, 2.45) is 0 Å². The van der Waals surface area contributed by atoms with E-state index >= 15 is 0 Å². The van der Waals surface area contributed by atoms with E-state index in [1.807, 2.05) is 11.8 Å². The van der Waals surface area contributed by atoms with Gasteiger partial charge in [-0.1, -0.05) is 11.6 Å². The Morgan fingerprint density at radius 1 is 1.14 bits per heavy atom. The van der Waals surface area contributed by atoms with Crippen molar-refractivity contribution in [2.75, 3.05) is 39.8 Å². The van der Waals surface area contributed by atoms with E-state index in [9.17, 15) is 4.79 Å². The molecule has 0 N–H and O–H groups in total. The lowest BCUT2D eigenvalue weighted by Crippen LogP contribution is -2.36. The molecule has 0 spiro atoms. The Morgan fingerprint density at radius 2 is 1.93 bits per heavy atom. The highest BCUT2D eigenvalue weighted by Gasteiger charge is 2.23. The molecule has 6 nitrogen and oxygen atoms in total. The molecule has 2 heterocycles. The van der Waals surface area contributed by atoms with Crippen LogP contribution in [-0.2, 0) is 6.54 Å². The summed E-state index contributed by atoms with van der Waals surface area (Å²) in [7, 11) is 1.57. The van der Waals surface area contributed by atoms with Crippen LogP contribution in [0.3, 0.4) is 0 Å². The van der Waals surface area contributed by atoms with Crippen molar-refractivity contribution in [2.45, 2.75) is 26.8 Å². The van der Waals surface area contributed by atoms with Gasteiger partial charge in [-0.25, -0.2) is 0 Å². The van der Waals surface area contributed by atoms with Gasteiger partial charge >= 0.3 is 0 Å². The highest BCUT2D eigenvalue weighted by atomic mass is 35.5. The van der Waals surface area contributed by atoms with Crippen LogP contribution in [0.5, 0.6) is 5.75 Å². The lowest BCUT2D eigenvalue weighted by molar-refractivity contribution is 0.0758. The Morgan fingerprint density at radius 3 is 2.61 bits per heavy atom. The fourth-order valence-corrected chi connectivity index (χ4v) is 3.72. The molecule has 0 radical (unpaired) electrons. The van der Waals surface area contributed by atoms with E-state index < -0.39 is 0 Å². The van der Waals surface area contributed by atoms with Crippen LogP contribution in [0.1, 0.15) is 28.2 Å². The lowest BCUT2D eigenvalue weighted by atomic mass is 10.1. The van der Waals surface area contributed by atoms with E-state index in [-0.39, 0.29) is 18.3 Å². The van der Waals surface area contributed by atoms with E-state index in [0.717, 1.165) is 44.8 Å². The number of methoxy groups -OCH3 is 1. The molecule has 1 saturated heterocycles. The maximum atomic E-state index is 13.0. The van der Waals surface area contributed by atoms with E-state index in [2.05, 4.69) is 27.7 Å². The molecule has 1 aliphatic rings. The van der Waals surface area contributed by atoms with Crippen LogP contribution in [-0.4, -0.2) is 65.3 Å². The average Bonchev–Trinajstić information content (AvgIpc) is 2.84. The summed E-state index contributed by atoms with van der Waals surface area (Å²) >= 11 is 6.08. The molecule has 1 aromatic carbocycles. The second kappa shape index (κ2) is 10.1. The highest BCUT2D eigenvalue weighted by molar-refractivity contribution is 6.31. The molecule has 3 rings (SSSR count). The molecular weight excluding hydrogens is 399 g/mol. The molecule has 0 bridgehead atoms. The number of hydrogen-bond donors (Lipinski definition) is 0. The van der Waals surface area contributed by atoms with E-state index in [1.54, 1.807) is 25.3 Å². The number of hydrogen-bond acceptors (Lipinski definition) is 4. The largest absolute Gasteiger partial charge is 0.496 e. The average molecular weight is 427 g/mol. The minimum atomic E-state index is -0.0188. The summed E-state index contributed by atoms with van der Waals surface area (Å²) in [5.74, 6) is 0.546. The van der Waals surface area contributed by atoms with Gasteiger partial charge in [0.1, 0.15) is 5.75 Å². The van der Waals surface area contributed by atoms with Crippen LogP contribution in [0, 0.1) is 13.8 Å². The van der Waals surface area contributed by atoms with Gasteiger partial charge in [-0.2, -0.15) is 5.10 Å². The smallest absolute Gasteiger partial charge is 0.257 e. The Balaban J connectivity index is 0.00000280. The number of halogens is 2. The molecule has 28 heavy (non-hydrogen) atoms. The van der Waals surface area contributed by atoms with Crippen LogP contribution in [0.2, 0.25) is 5.02 Å². The molecule has 1 fully saturated rings. The van der Waals surface area contributed by atoms with Crippen LogP contribution in [0.25, 0.3) is 0 Å². The first kappa shape index (κ1) is 22.5. The minimum Gasteiger partial charge on any atom is -0.496 e. The first-order valence-corrected chi connectivity index (χ1v) is 9.72. The standard InChI is InChI=1S/C20H27ClN4O2.ClH/c1-15-13-16(2)25(22-15)12-10-23-7-4-8-24(11-9-23)20(26)18-14-17(21)5-6-19(18)27-3;/h5-6,13-14H,4,7-12H2,1-3H3;1H. The van der Waals surface area contributed by atoms with Gasteiger partial charge in [0.2, 0.25) is 0 Å². The summed E-state index contributed by atoms with van der Waals surface area (Å²) in [6.07, 6.45) is 0.950. The summed E-state index contributed by atoms with van der Waals surface area (Å²) in [6.45, 7) is 9.19. The fourth-order valence-electron chi connectivity index (χ4n) is 3.55.